The van der Waals surface area contributed by atoms with Crippen molar-refractivity contribution in [2.45, 2.75) is 20.3 Å². The number of sulfonamides is 1. The first-order valence-electron chi connectivity index (χ1n) is 7.78. The Bertz CT molecular complexity index is 753. The van der Waals surface area contributed by atoms with Crippen molar-refractivity contribution in [1.29, 1.82) is 0 Å². The lowest BCUT2D eigenvalue weighted by Crippen LogP contribution is -2.31. The Kier molecular flexibility index (Phi) is 6.66. The summed E-state index contributed by atoms with van der Waals surface area (Å²) in [5.74, 6) is 0.758. The molecule has 0 aliphatic rings. The molecule has 0 radical (unpaired) electrons. The van der Waals surface area contributed by atoms with E-state index in [1.165, 1.54) is 0 Å². The number of nitrogens with one attached hydrogen (secondary N) is 1. The van der Waals surface area contributed by atoms with Gasteiger partial charge in [-0.15, -0.1) is 0 Å². The number of hydrogen-bond donors (Lipinski definition) is 1. The number of hydrogen-bond acceptors (Lipinski definition) is 3. The van der Waals surface area contributed by atoms with Gasteiger partial charge >= 0.3 is 0 Å². The summed E-state index contributed by atoms with van der Waals surface area (Å²) in [7, 11) is -3.31. The van der Waals surface area contributed by atoms with Crippen LogP contribution in [0.25, 0.3) is 0 Å². The van der Waals surface area contributed by atoms with Crippen molar-refractivity contribution in [3.8, 4) is 5.75 Å². The summed E-state index contributed by atoms with van der Waals surface area (Å²) >= 11 is 6.11. The van der Waals surface area contributed by atoms with E-state index in [9.17, 15) is 8.42 Å². The first kappa shape index (κ1) is 18.8. The van der Waals surface area contributed by atoms with Gasteiger partial charge in [-0.2, -0.15) is 0 Å². The molecule has 0 atom stereocenters. The van der Waals surface area contributed by atoms with E-state index in [2.05, 4.69) is 4.72 Å². The van der Waals surface area contributed by atoms with Crippen LogP contribution in [0.4, 0.5) is 0 Å². The van der Waals surface area contributed by atoms with Crippen LogP contribution in [-0.2, 0) is 16.4 Å². The van der Waals surface area contributed by atoms with Crippen LogP contribution in [0.15, 0.2) is 42.5 Å². The summed E-state index contributed by atoms with van der Waals surface area (Å²) in [6.07, 6.45) is 0.493. The fraction of sp³-hybridized carbons (Fsp3) is 0.333. The van der Waals surface area contributed by atoms with Gasteiger partial charge in [-0.25, -0.2) is 13.1 Å². The SMILES string of the molecule is Cc1cc(OCCNS(=O)(=O)CCc2ccccc2)cc(C)c1Cl. The second kappa shape index (κ2) is 8.51. The van der Waals surface area contributed by atoms with E-state index in [0.29, 0.717) is 12.2 Å². The minimum atomic E-state index is -3.31. The van der Waals surface area contributed by atoms with E-state index in [1.807, 2.05) is 56.3 Å². The topological polar surface area (TPSA) is 55.4 Å². The van der Waals surface area contributed by atoms with Crippen LogP contribution in [0, 0.1) is 13.8 Å². The molecule has 6 heteroatoms. The molecule has 2 aromatic carbocycles. The molecule has 4 nitrogen and oxygen atoms in total. The molecule has 0 fully saturated rings. The lowest BCUT2D eigenvalue weighted by Gasteiger charge is -2.11. The van der Waals surface area contributed by atoms with E-state index >= 15 is 0 Å². The van der Waals surface area contributed by atoms with E-state index in [0.717, 1.165) is 21.7 Å². The zero-order chi connectivity index (χ0) is 17.6. The van der Waals surface area contributed by atoms with Crippen LogP contribution < -0.4 is 9.46 Å². The van der Waals surface area contributed by atoms with E-state index in [1.54, 1.807) is 0 Å². The molecule has 0 aromatic heterocycles. The van der Waals surface area contributed by atoms with Gasteiger partial charge in [0.05, 0.1) is 5.75 Å². The Morgan fingerprint density at radius 3 is 2.33 bits per heavy atom. The van der Waals surface area contributed by atoms with E-state index < -0.39 is 10.0 Å². The average molecular weight is 368 g/mol. The minimum Gasteiger partial charge on any atom is -0.492 e. The number of rotatable bonds is 8. The molecule has 0 bridgehead atoms. The zero-order valence-electron chi connectivity index (χ0n) is 13.9. The summed E-state index contributed by atoms with van der Waals surface area (Å²) in [4.78, 5) is 0. The standard InChI is InChI=1S/C18H22ClNO3S/c1-14-12-17(13-15(2)18(14)19)23-10-9-20-24(21,22)11-8-16-6-4-3-5-7-16/h3-7,12-13,20H,8-11H2,1-2H3. The van der Waals surface area contributed by atoms with Gasteiger partial charge in [-0.05, 0) is 49.1 Å². The molecule has 0 aliphatic carbocycles. The van der Waals surface area contributed by atoms with Gasteiger partial charge < -0.3 is 4.74 Å². The van der Waals surface area contributed by atoms with Gasteiger partial charge in [0.15, 0.2) is 0 Å². The molecule has 0 heterocycles. The van der Waals surface area contributed by atoms with Crippen molar-refractivity contribution in [3.05, 3.63) is 64.2 Å². The quantitative estimate of drug-likeness (QED) is 0.726. The van der Waals surface area contributed by atoms with Crippen LogP contribution in [0.1, 0.15) is 16.7 Å². The predicted molar refractivity (Wildman–Crippen MR) is 98.4 cm³/mol. The first-order chi connectivity index (χ1) is 11.4. The fourth-order valence-electron chi connectivity index (χ4n) is 2.32. The maximum Gasteiger partial charge on any atom is 0.212 e. The summed E-state index contributed by atoms with van der Waals surface area (Å²) in [5.41, 5.74) is 2.89. The minimum absolute atomic E-state index is 0.0656. The monoisotopic (exact) mass is 367 g/mol. The molecule has 0 saturated carbocycles. The van der Waals surface area contributed by atoms with Gasteiger partial charge in [0.25, 0.3) is 0 Å². The Morgan fingerprint density at radius 2 is 1.71 bits per heavy atom. The van der Waals surface area contributed by atoms with Crippen molar-refractivity contribution in [1.82, 2.24) is 4.72 Å². The number of benzene rings is 2. The summed E-state index contributed by atoms with van der Waals surface area (Å²) in [6.45, 7) is 4.33. The van der Waals surface area contributed by atoms with Crippen LogP contribution in [0.2, 0.25) is 5.02 Å². The van der Waals surface area contributed by atoms with Crippen LogP contribution >= 0.6 is 11.6 Å². The molecule has 0 spiro atoms. The second-order valence-corrected chi connectivity index (χ2v) is 7.97. The number of ether oxygens (including phenoxy) is 1. The Morgan fingerprint density at radius 1 is 1.08 bits per heavy atom. The predicted octanol–water partition coefficient (Wildman–Crippen LogP) is 3.50. The molecule has 130 valence electrons. The Balaban J connectivity index is 1.77. The third kappa shape index (κ3) is 5.82. The Labute approximate surface area is 148 Å². The molecule has 2 aromatic rings. The molecule has 0 unspecified atom stereocenters. The van der Waals surface area contributed by atoms with Crippen molar-refractivity contribution in [3.63, 3.8) is 0 Å². The normalized spacial score (nSPS) is 11.5. The van der Waals surface area contributed by atoms with Gasteiger partial charge in [0.1, 0.15) is 12.4 Å². The smallest absolute Gasteiger partial charge is 0.212 e. The molecule has 0 aliphatic heterocycles. The summed E-state index contributed by atoms with van der Waals surface area (Å²) in [6, 6.07) is 13.2. The van der Waals surface area contributed by atoms with Crippen molar-refractivity contribution < 1.29 is 13.2 Å². The van der Waals surface area contributed by atoms with Crippen molar-refractivity contribution in [2.75, 3.05) is 18.9 Å². The summed E-state index contributed by atoms with van der Waals surface area (Å²) < 4.78 is 32.1. The number of aryl methyl sites for hydroxylation is 3. The van der Waals surface area contributed by atoms with E-state index in [4.69, 9.17) is 16.3 Å². The third-order valence-corrected chi connectivity index (χ3v) is 5.59. The third-order valence-electron chi connectivity index (χ3n) is 3.61. The lowest BCUT2D eigenvalue weighted by molar-refractivity contribution is 0.322. The average Bonchev–Trinajstić information content (AvgIpc) is 2.56. The highest BCUT2D eigenvalue weighted by molar-refractivity contribution is 7.89. The highest BCUT2D eigenvalue weighted by Gasteiger charge is 2.10. The van der Waals surface area contributed by atoms with Gasteiger partial charge in [0.2, 0.25) is 10.0 Å². The highest BCUT2D eigenvalue weighted by atomic mass is 35.5. The molecule has 0 saturated heterocycles. The Hall–Kier alpha value is -1.56. The zero-order valence-corrected chi connectivity index (χ0v) is 15.5. The van der Waals surface area contributed by atoms with Crippen molar-refractivity contribution >= 4 is 21.6 Å². The van der Waals surface area contributed by atoms with Crippen LogP contribution in [0.3, 0.4) is 0 Å². The first-order valence-corrected chi connectivity index (χ1v) is 9.81. The maximum absolute atomic E-state index is 12.0. The number of halogens is 1. The molecule has 24 heavy (non-hydrogen) atoms. The maximum atomic E-state index is 12.0. The van der Waals surface area contributed by atoms with Crippen LogP contribution in [0.5, 0.6) is 5.75 Å². The van der Waals surface area contributed by atoms with Gasteiger partial charge in [0, 0.05) is 11.6 Å². The molecular formula is C18H22ClNO3S. The largest absolute Gasteiger partial charge is 0.492 e. The molecule has 0 amide bonds. The van der Waals surface area contributed by atoms with Gasteiger partial charge in [-0.3, -0.25) is 0 Å². The molecule has 2 rings (SSSR count). The highest BCUT2D eigenvalue weighted by Crippen LogP contribution is 2.25. The fourth-order valence-corrected chi connectivity index (χ4v) is 3.48. The van der Waals surface area contributed by atoms with Crippen molar-refractivity contribution in [2.24, 2.45) is 0 Å². The lowest BCUT2D eigenvalue weighted by atomic mass is 10.1. The molecule has 1 N–H and O–H groups in total. The molecular weight excluding hydrogens is 346 g/mol. The van der Waals surface area contributed by atoms with E-state index in [-0.39, 0.29) is 18.9 Å². The van der Waals surface area contributed by atoms with Gasteiger partial charge in [-0.1, -0.05) is 41.9 Å². The van der Waals surface area contributed by atoms with Crippen LogP contribution in [-0.4, -0.2) is 27.3 Å². The second-order valence-electron chi connectivity index (χ2n) is 5.67. The summed E-state index contributed by atoms with van der Waals surface area (Å²) in [5, 5.41) is 0.726.